The van der Waals surface area contributed by atoms with E-state index >= 15 is 0 Å². The van der Waals surface area contributed by atoms with Crippen LogP contribution < -0.4 is 0 Å². The summed E-state index contributed by atoms with van der Waals surface area (Å²) in [6, 6.07) is 2.32. The lowest BCUT2D eigenvalue weighted by molar-refractivity contribution is 0.211. The first-order valence-electron chi connectivity index (χ1n) is 9.37. The molecule has 0 aromatic carbocycles. The van der Waals surface area contributed by atoms with Gasteiger partial charge in [0.2, 0.25) is 0 Å². The lowest BCUT2D eigenvalue weighted by Crippen LogP contribution is -2.70. The van der Waals surface area contributed by atoms with E-state index in [-0.39, 0.29) is 0 Å². The van der Waals surface area contributed by atoms with E-state index in [0.29, 0.717) is 16.6 Å². The van der Waals surface area contributed by atoms with E-state index in [4.69, 9.17) is 16.5 Å². The van der Waals surface area contributed by atoms with E-state index in [9.17, 15) is 0 Å². The Bertz CT molecular complexity index is 418. The predicted octanol–water partition coefficient (Wildman–Crippen LogP) is 5.74. The molecule has 1 unspecified atom stereocenters. The van der Waals surface area contributed by atoms with Crippen LogP contribution in [0.1, 0.15) is 54.9 Å². The van der Waals surface area contributed by atoms with Crippen molar-refractivity contribution >= 4 is 34.2 Å². The molecule has 8 heteroatoms. The summed E-state index contributed by atoms with van der Waals surface area (Å²) in [5.74, 6) is 0. The van der Waals surface area contributed by atoms with E-state index in [1.165, 1.54) is 0 Å². The van der Waals surface area contributed by atoms with E-state index < -0.39 is 34.2 Å². The quantitative estimate of drug-likeness (QED) is 0.545. The van der Waals surface area contributed by atoms with Gasteiger partial charge in [-0.25, -0.2) is 0 Å². The molecular weight excluding hydrogens is 369 g/mol. The summed E-state index contributed by atoms with van der Waals surface area (Å²) in [4.78, 5) is 0. The molecule has 1 rings (SSSR count). The van der Waals surface area contributed by atoms with Gasteiger partial charge in [-0.15, -0.1) is 0 Å². The maximum absolute atomic E-state index is 7.13. The summed E-state index contributed by atoms with van der Waals surface area (Å²) >= 11 is 0. The lowest BCUT2D eigenvalue weighted by atomic mass is 10.5. The van der Waals surface area contributed by atoms with Gasteiger partial charge in [-0.2, -0.15) is 0 Å². The summed E-state index contributed by atoms with van der Waals surface area (Å²) in [5.41, 5.74) is 1.05. The zero-order valence-corrected chi connectivity index (χ0v) is 21.6. The van der Waals surface area contributed by atoms with E-state index in [1.807, 2.05) is 0 Å². The second kappa shape index (κ2) is 7.75. The number of hydrogen-bond donors (Lipinski definition) is 0. The fraction of sp³-hybridized carbons (Fsp3) is 0.938. The van der Waals surface area contributed by atoms with E-state index in [2.05, 4.69) is 80.7 Å². The largest absolute Gasteiger partial charge is 0.416 e. The zero-order chi connectivity index (χ0) is 19.0. The monoisotopic (exact) mass is 407 g/mol. The average Bonchev–Trinajstić information content (AvgIpc) is 2.33. The van der Waals surface area contributed by atoms with Crippen LogP contribution in [0, 0.1) is 6.04 Å². The van der Waals surface area contributed by atoms with Crippen molar-refractivity contribution in [3.8, 4) is 0 Å². The first-order chi connectivity index (χ1) is 10.7. The molecule has 0 bridgehead atoms. The van der Waals surface area contributed by atoms with Gasteiger partial charge in [-0.05, 0) is 42.8 Å². The predicted molar refractivity (Wildman–Crippen MR) is 111 cm³/mol. The van der Waals surface area contributed by atoms with Crippen LogP contribution >= 0.6 is 0 Å². The lowest BCUT2D eigenvalue weighted by Gasteiger charge is -2.54. The Labute approximate surface area is 154 Å². The molecular formula is C16H39O4Si4. The van der Waals surface area contributed by atoms with Crippen LogP contribution in [0.15, 0.2) is 0 Å². The molecule has 0 aliphatic carbocycles. The maximum atomic E-state index is 7.13. The van der Waals surface area contributed by atoms with Gasteiger partial charge < -0.3 is 16.5 Å². The van der Waals surface area contributed by atoms with Crippen molar-refractivity contribution in [3.05, 3.63) is 6.04 Å². The van der Waals surface area contributed by atoms with Crippen LogP contribution in [0.2, 0.25) is 42.8 Å². The molecule has 0 aromatic rings. The summed E-state index contributed by atoms with van der Waals surface area (Å²) in [6.45, 7) is 24.2. The average molecular weight is 408 g/mol. The minimum Gasteiger partial charge on any atom is -0.416 e. The first kappa shape index (κ1) is 22.7. The van der Waals surface area contributed by atoms with Crippen molar-refractivity contribution in [3.63, 3.8) is 0 Å². The molecule has 4 nitrogen and oxygen atoms in total. The van der Waals surface area contributed by atoms with Crippen LogP contribution in [-0.2, 0) is 16.5 Å². The van der Waals surface area contributed by atoms with Crippen LogP contribution in [0.25, 0.3) is 0 Å². The van der Waals surface area contributed by atoms with Gasteiger partial charge in [-0.3, -0.25) is 0 Å². The first-order valence-corrected chi connectivity index (χ1v) is 18.9. The van der Waals surface area contributed by atoms with Crippen molar-refractivity contribution in [2.24, 2.45) is 0 Å². The normalized spacial score (nSPS) is 29.8. The summed E-state index contributed by atoms with van der Waals surface area (Å²) < 4.78 is 27.4. The highest BCUT2D eigenvalue weighted by atomic mass is 28.5. The fourth-order valence-electron chi connectivity index (χ4n) is 3.67. The molecule has 1 heterocycles. The Morgan fingerprint density at radius 1 is 0.667 bits per heavy atom. The molecule has 143 valence electrons. The van der Waals surface area contributed by atoms with Crippen molar-refractivity contribution in [2.75, 3.05) is 0 Å². The highest BCUT2D eigenvalue weighted by Crippen LogP contribution is 2.45. The number of rotatable bonds is 5. The van der Waals surface area contributed by atoms with Gasteiger partial charge in [0, 0.05) is 6.04 Å². The molecule has 0 amide bonds. The van der Waals surface area contributed by atoms with Crippen LogP contribution in [0.4, 0.5) is 0 Å². The standard InChI is InChI=1S/C16H39O4Si4/c1-12-13-23(14(2)3)18-21(8,9)17-22(10,11)19-24(20-23,15(4)5)16(6)7/h13-16H,12H2,1-11H3. The molecule has 0 spiro atoms. The molecule has 0 N–H and O–H groups in total. The van der Waals surface area contributed by atoms with Gasteiger partial charge in [0.1, 0.15) is 0 Å². The van der Waals surface area contributed by atoms with Gasteiger partial charge in [0.15, 0.2) is 0 Å². The van der Waals surface area contributed by atoms with Crippen LogP contribution in [0.3, 0.4) is 0 Å². The second-order valence-electron chi connectivity index (χ2n) is 8.73. The maximum Gasteiger partial charge on any atom is 0.326 e. The van der Waals surface area contributed by atoms with Crippen LogP contribution in [-0.4, -0.2) is 34.2 Å². The highest BCUT2D eigenvalue weighted by molar-refractivity contribution is 6.95. The smallest absolute Gasteiger partial charge is 0.326 e. The van der Waals surface area contributed by atoms with Gasteiger partial charge in [0.25, 0.3) is 0 Å². The second-order valence-corrected chi connectivity index (χ2v) is 24.4. The molecule has 0 aromatic heterocycles. The van der Waals surface area contributed by atoms with Gasteiger partial charge in [0.05, 0.1) is 0 Å². The molecule has 0 saturated carbocycles. The molecule has 1 aliphatic heterocycles. The third-order valence-corrected chi connectivity index (χ3v) is 23.3. The molecule has 1 fully saturated rings. The van der Waals surface area contributed by atoms with Crippen molar-refractivity contribution in [2.45, 2.75) is 97.7 Å². The van der Waals surface area contributed by atoms with Crippen molar-refractivity contribution in [1.82, 2.24) is 0 Å². The minimum absolute atomic E-state index is 0.337. The summed E-state index contributed by atoms with van der Waals surface area (Å²) in [6.07, 6.45) is 0.955. The van der Waals surface area contributed by atoms with E-state index in [0.717, 1.165) is 6.42 Å². The fourth-order valence-corrected chi connectivity index (χ4v) is 27.4. The Hall–Kier alpha value is 0.708. The Kier molecular flexibility index (Phi) is 7.35. The molecule has 1 saturated heterocycles. The summed E-state index contributed by atoms with van der Waals surface area (Å²) in [7, 11) is -9.64. The molecule has 24 heavy (non-hydrogen) atoms. The summed E-state index contributed by atoms with van der Waals surface area (Å²) in [5, 5.41) is 0. The topological polar surface area (TPSA) is 36.9 Å². The minimum atomic E-state index is -2.53. The number of hydrogen-bond acceptors (Lipinski definition) is 4. The SMILES string of the molecule is CC[CH][Si]1(C(C)C)O[Si](C)(C)O[Si](C)(C)O[Si](C(C)C)(C(C)C)O1. The zero-order valence-electron chi connectivity index (χ0n) is 17.6. The van der Waals surface area contributed by atoms with Gasteiger partial charge >= 0.3 is 34.2 Å². The highest BCUT2D eigenvalue weighted by Gasteiger charge is 2.60. The Morgan fingerprint density at radius 2 is 1.12 bits per heavy atom. The van der Waals surface area contributed by atoms with Crippen molar-refractivity contribution < 1.29 is 16.5 Å². The van der Waals surface area contributed by atoms with E-state index in [1.54, 1.807) is 0 Å². The Balaban J connectivity index is 3.51. The molecule has 1 aliphatic rings. The third-order valence-electron chi connectivity index (χ3n) is 4.52. The third kappa shape index (κ3) is 4.90. The molecule has 1 atom stereocenters. The van der Waals surface area contributed by atoms with Gasteiger partial charge in [-0.1, -0.05) is 54.9 Å². The van der Waals surface area contributed by atoms with Crippen LogP contribution in [0.5, 0.6) is 0 Å². The van der Waals surface area contributed by atoms with Crippen molar-refractivity contribution in [1.29, 1.82) is 0 Å². The Morgan fingerprint density at radius 3 is 1.50 bits per heavy atom. The molecule has 1 radical (unpaired) electrons.